The third kappa shape index (κ3) is 4.71. The van der Waals surface area contributed by atoms with Gasteiger partial charge in [-0.05, 0) is 70.1 Å². The van der Waals surface area contributed by atoms with E-state index in [-0.39, 0.29) is 17.6 Å². The first-order valence-electron chi connectivity index (χ1n) is 10.5. The van der Waals surface area contributed by atoms with Gasteiger partial charge in [-0.2, -0.15) is 0 Å². The number of nitrogens with one attached hydrogen (secondary N) is 2. The molecule has 0 unspecified atom stereocenters. The van der Waals surface area contributed by atoms with Gasteiger partial charge in [-0.25, -0.2) is 4.98 Å². The quantitative estimate of drug-likeness (QED) is 0.492. The molecular formula is C23H26ClN5O3. The SMILES string of the molecule is CN(C)C1CCC(C(=O)Nc2c(C(=O)Nc3ccc(Cl)cn3)oc3ccc(N)cc23)CC1. The Morgan fingerprint density at radius 3 is 2.53 bits per heavy atom. The third-order valence-corrected chi connectivity index (χ3v) is 6.16. The number of pyridine rings is 1. The number of nitrogen functional groups attached to an aromatic ring is 1. The minimum Gasteiger partial charge on any atom is -0.449 e. The van der Waals surface area contributed by atoms with Crippen molar-refractivity contribution >= 4 is 51.6 Å². The fourth-order valence-corrected chi connectivity index (χ4v) is 4.21. The molecule has 1 fully saturated rings. The van der Waals surface area contributed by atoms with Crippen molar-refractivity contribution in [2.75, 3.05) is 30.5 Å². The van der Waals surface area contributed by atoms with E-state index in [0.717, 1.165) is 25.7 Å². The molecule has 3 aromatic rings. The second-order valence-electron chi connectivity index (χ2n) is 8.34. The Hall–Kier alpha value is -3.10. The number of furan rings is 1. The molecule has 0 atom stereocenters. The summed E-state index contributed by atoms with van der Waals surface area (Å²) in [5.74, 6) is -0.449. The molecule has 1 aliphatic rings. The Morgan fingerprint density at radius 1 is 1.12 bits per heavy atom. The monoisotopic (exact) mass is 455 g/mol. The molecule has 4 N–H and O–H groups in total. The van der Waals surface area contributed by atoms with E-state index in [4.69, 9.17) is 21.8 Å². The van der Waals surface area contributed by atoms with Crippen LogP contribution in [0.2, 0.25) is 5.02 Å². The summed E-state index contributed by atoms with van der Waals surface area (Å²) in [6, 6.07) is 8.75. The normalized spacial score (nSPS) is 18.6. The summed E-state index contributed by atoms with van der Waals surface area (Å²) in [5.41, 5.74) is 7.23. The van der Waals surface area contributed by atoms with E-state index >= 15 is 0 Å². The van der Waals surface area contributed by atoms with Crippen molar-refractivity contribution in [3.63, 3.8) is 0 Å². The molecule has 168 valence electrons. The highest BCUT2D eigenvalue weighted by atomic mass is 35.5. The summed E-state index contributed by atoms with van der Waals surface area (Å²) in [7, 11) is 4.13. The van der Waals surface area contributed by atoms with Gasteiger partial charge in [-0.1, -0.05) is 11.6 Å². The summed E-state index contributed by atoms with van der Waals surface area (Å²) >= 11 is 5.86. The number of anilines is 3. The van der Waals surface area contributed by atoms with Crippen LogP contribution in [-0.4, -0.2) is 41.8 Å². The van der Waals surface area contributed by atoms with Crippen LogP contribution < -0.4 is 16.4 Å². The number of nitrogens with two attached hydrogens (primary N) is 1. The number of amides is 2. The van der Waals surface area contributed by atoms with Crippen molar-refractivity contribution in [2.45, 2.75) is 31.7 Å². The highest BCUT2D eigenvalue weighted by Gasteiger charge is 2.30. The lowest BCUT2D eigenvalue weighted by atomic mass is 9.85. The molecule has 0 aliphatic heterocycles. The van der Waals surface area contributed by atoms with Crippen LogP contribution in [0, 0.1) is 5.92 Å². The molecule has 0 saturated heterocycles. The van der Waals surface area contributed by atoms with Crippen LogP contribution in [0.5, 0.6) is 0 Å². The fourth-order valence-electron chi connectivity index (χ4n) is 4.10. The van der Waals surface area contributed by atoms with Gasteiger partial charge in [0.1, 0.15) is 17.1 Å². The second kappa shape index (κ2) is 9.18. The lowest BCUT2D eigenvalue weighted by Gasteiger charge is -2.31. The maximum atomic E-state index is 13.1. The van der Waals surface area contributed by atoms with Crippen molar-refractivity contribution in [1.29, 1.82) is 0 Å². The van der Waals surface area contributed by atoms with E-state index in [9.17, 15) is 9.59 Å². The molecule has 2 heterocycles. The molecule has 1 saturated carbocycles. The topological polar surface area (TPSA) is 113 Å². The number of carbonyl (C=O) groups is 2. The lowest BCUT2D eigenvalue weighted by Crippen LogP contribution is -2.35. The first kappa shape index (κ1) is 22.1. The van der Waals surface area contributed by atoms with Gasteiger partial charge in [-0.3, -0.25) is 9.59 Å². The van der Waals surface area contributed by atoms with Gasteiger partial charge in [0, 0.05) is 29.2 Å². The molecule has 2 aromatic heterocycles. The Morgan fingerprint density at radius 2 is 1.88 bits per heavy atom. The number of carbonyl (C=O) groups excluding carboxylic acids is 2. The highest BCUT2D eigenvalue weighted by Crippen LogP contribution is 2.35. The smallest absolute Gasteiger partial charge is 0.294 e. The van der Waals surface area contributed by atoms with Gasteiger partial charge in [0.25, 0.3) is 5.91 Å². The van der Waals surface area contributed by atoms with Crippen molar-refractivity contribution in [2.24, 2.45) is 5.92 Å². The first-order valence-corrected chi connectivity index (χ1v) is 10.9. The van der Waals surface area contributed by atoms with Crippen LogP contribution in [0.15, 0.2) is 40.9 Å². The van der Waals surface area contributed by atoms with Crippen LogP contribution in [0.1, 0.15) is 36.2 Å². The average Bonchev–Trinajstić information content (AvgIpc) is 3.13. The Kier molecular flexibility index (Phi) is 6.34. The van der Waals surface area contributed by atoms with Crippen molar-refractivity contribution < 1.29 is 14.0 Å². The van der Waals surface area contributed by atoms with Gasteiger partial charge in [0.05, 0.1) is 5.02 Å². The largest absolute Gasteiger partial charge is 0.449 e. The van der Waals surface area contributed by atoms with Crippen LogP contribution >= 0.6 is 11.6 Å². The van der Waals surface area contributed by atoms with Crippen LogP contribution in [0.3, 0.4) is 0 Å². The molecule has 9 heteroatoms. The van der Waals surface area contributed by atoms with Crippen LogP contribution in [-0.2, 0) is 4.79 Å². The fraction of sp³-hybridized carbons (Fsp3) is 0.348. The van der Waals surface area contributed by atoms with E-state index in [0.29, 0.717) is 39.2 Å². The number of fused-ring (bicyclic) bond motifs is 1. The molecule has 1 aromatic carbocycles. The number of nitrogens with zero attached hydrogens (tertiary/aromatic N) is 2. The van der Waals surface area contributed by atoms with E-state index in [1.165, 1.54) is 6.20 Å². The lowest BCUT2D eigenvalue weighted by molar-refractivity contribution is -0.121. The molecule has 0 spiro atoms. The van der Waals surface area contributed by atoms with Gasteiger partial charge in [0.15, 0.2) is 0 Å². The van der Waals surface area contributed by atoms with Gasteiger partial charge < -0.3 is 25.7 Å². The summed E-state index contributed by atoms with van der Waals surface area (Å²) in [6.07, 6.45) is 4.94. The number of aromatic nitrogens is 1. The van der Waals surface area contributed by atoms with E-state index in [2.05, 4.69) is 34.6 Å². The summed E-state index contributed by atoms with van der Waals surface area (Å²) < 4.78 is 5.81. The Labute approximate surface area is 191 Å². The molecule has 4 rings (SSSR count). The van der Waals surface area contributed by atoms with Crippen LogP contribution in [0.4, 0.5) is 17.2 Å². The van der Waals surface area contributed by atoms with E-state index in [1.54, 1.807) is 30.3 Å². The predicted octanol–water partition coefficient (Wildman–Crippen LogP) is 4.37. The van der Waals surface area contributed by atoms with Crippen molar-refractivity contribution in [3.8, 4) is 0 Å². The van der Waals surface area contributed by atoms with Crippen LogP contribution in [0.25, 0.3) is 11.0 Å². The minimum atomic E-state index is -0.527. The van der Waals surface area contributed by atoms with E-state index in [1.807, 2.05) is 0 Å². The van der Waals surface area contributed by atoms with E-state index < -0.39 is 5.91 Å². The van der Waals surface area contributed by atoms with Crippen molar-refractivity contribution in [1.82, 2.24) is 9.88 Å². The number of benzene rings is 1. The maximum Gasteiger partial charge on any atom is 0.294 e. The van der Waals surface area contributed by atoms with Gasteiger partial charge >= 0.3 is 0 Å². The average molecular weight is 456 g/mol. The summed E-state index contributed by atoms with van der Waals surface area (Å²) in [5, 5.41) is 6.66. The zero-order valence-electron chi connectivity index (χ0n) is 18.0. The highest BCUT2D eigenvalue weighted by molar-refractivity contribution is 6.30. The van der Waals surface area contributed by atoms with Crippen molar-refractivity contribution in [3.05, 3.63) is 47.3 Å². The summed E-state index contributed by atoms with van der Waals surface area (Å²) in [6.45, 7) is 0. The van der Waals surface area contributed by atoms with Gasteiger partial charge in [-0.15, -0.1) is 0 Å². The molecule has 2 amide bonds. The maximum absolute atomic E-state index is 13.1. The molecule has 1 aliphatic carbocycles. The number of hydrogen-bond donors (Lipinski definition) is 3. The van der Waals surface area contributed by atoms with Gasteiger partial charge in [0.2, 0.25) is 11.7 Å². The predicted molar refractivity (Wildman–Crippen MR) is 126 cm³/mol. The standard InChI is InChI=1S/C23H26ClN5O3/c1-29(2)16-7-3-13(4-8-16)22(30)28-20-17-11-15(25)6-9-18(17)32-21(20)23(31)27-19-10-5-14(24)12-26-19/h5-6,9-13,16H,3-4,7-8,25H2,1-2H3,(H,28,30)(H,26,27,31). The number of rotatable bonds is 5. The zero-order chi connectivity index (χ0) is 22.8. The first-order chi connectivity index (χ1) is 15.3. The molecular weight excluding hydrogens is 430 g/mol. The second-order valence-corrected chi connectivity index (χ2v) is 8.77. The minimum absolute atomic E-state index is 0.00215. The third-order valence-electron chi connectivity index (χ3n) is 5.93. The zero-order valence-corrected chi connectivity index (χ0v) is 18.8. The summed E-state index contributed by atoms with van der Waals surface area (Å²) in [4.78, 5) is 32.4. The number of hydrogen-bond acceptors (Lipinski definition) is 6. The molecule has 32 heavy (non-hydrogen) atoms. The molecule has 8 nitrogen and oxygen atoms in total. The Balaban J connectivity index is 1.59. The number of halogens is 1. The molecule has 0 radical (unpaired) electrons. The molecule has 0 bridgehead atoms. The Bertz CT molecular complexity index is 1130.